The van der Waals surface area contributed by atoms with E-state index in [0.29, 0.717) is 17.2 Å². The molecule has 0 spiro atoms. The van der Waals surface area contributed by atoms with Crippen molar-refractivity contribution in [1.29, 1.82) is 0 Å². The van der Waals surface area contributed by atoms with Crippen LogP contribution in [0.4, 0.5) is 17.2 Å². The van der Waals surface area contributed by atoms with Crippen molar-refractivity contribution in [3.63, 3.8) is 0 Å². The Labute approximate surface area is 170 Å². The van der Waals surface area contributed by atoms with E-state index in [1.807, 2.05) is 19.1 Å². The van der Waals surface area contributed by atoms with Gasteiger partial charge in [-0.3, -0.25) is 19.5 Å². The molecule has 0 saturated heterocycles. The Bertz CT molecular complexity index is 1090. The Morgan fingerprint density at radius 1 is 1.21 bits per heavy atom. The second-order valence-corrected chi connectivity index (χ2v) is 7.96. The maximum Gasteiger partial charge on any atom is 0.244 e. The molecule has 3 aromatic rings. The molecule has 1 aliphatic rings. The third-order valence-corrected chi connectivity index (χ3v) is 5.52. The van der Waals surface area contributed by atoms with Crippen LogP contribution in [0.1, 0.15) is 17.7 Å². The lowest BCUT2D eigenvalue weighted by Gasteiger charge is -2.29. The molecule has 4 rings (SSSR count). The van der Waals surface area contributed by atoms with Crippen molar-refractivity contribution in [3.05, 3.63) is 47.3 Å². The standard InChI is InChI=1S/C20H19N5O3S/c1-12-6-7-16(29-12)14-10-17(24-23-14)22-18(26)8-9-20(28)25-11-19(27)21-13-4-2-3-5-15(13)25/h2-7,10H,8-9,11H2,1H3,(H,21,27)(H2,22,23,24,26). The summed E-state index contributed by atoms with van der Waals surface area (Å²) in [7, 11) is 0. The average Bonchev–Trinajstić information content (AvgIpc) is 3.34. The van der Waals surface area contributed by atoms with Gasteiger partial charge in [0.05, 0.1) is 21.9 Å². The van der Waals surface area contributed by atoms with Gasteiger partial charge in [0.15, 0.2) is 5.82 Å². The topological polar surface area (TPSA) is 107 Å². The number of fused-ring (bicyclic) bond motifs is 1. The quantitative estimate of drug-likeness (QED) is 0.602. The normalized spacial score (nSPS) is 13.0. The van der Waals surface area contributed by atoms with E-state index in [-0.39, 0.29) is 37.1 Å². The third kappa shape index (κ3) is 4.19. The van der Waals surface area contributed by atoms with Crippen molar-refractivity contribution < 1.29 is 14.4 Å². The molecular formula is C20H19N5O3S. The van der Waals surface area contributed by atoms with Gasteiger partial charge in [0.25, 0.3) is 0 Å². The average molecular weight is 409 g/mol. The second-order valence-electron chi connectivity index (χ2n) is 6.67. The maximum atomic E-state index is 12.6. The molecule has 8 nitrogen and oxygen atoms in total. The number of rotatable bonds is 5. The van der Waals surface area contributed by atoms with Crippen LogP contribution in [0.2, 0.25) is 0 Å². The minimum absolute atomic E-state index is 0.000573. The maximum absolute atomic E-state index is 12.6. The molecule has 148 valence electrons. The van der Waals surface area contributed by atoms with Crippen LogP contribution in [0.25, 0.3) is 10.6 Å². The van der Waals surface area contributed by atoms with Crippen molar-refractivity contribution in [2.45, 2.75) is 19.8 Å². The number of aromatic amines is 1. The summed E-state index contributed by atoms with van der Waals surface area (Å²) in [5.74, 6) is -0.437. The Morgan fingerprint density at radius 2 is 2.03 bits per heavy atom. The minimum atomic E-state index is -0.312. The molecule has 0 fully saturated rings. The van der Waals surface area contributed by atoms with Gasteiger partial charge in [0.1, 0.15) is 6.54 Å². The summed E-state index contributed by atoms with van der Waals surface area (Å²) in [6.45, 7) is 1.97. The first-order chi connectivity index (χ1) is 14.0. The summed E-state index contributed by atoms with van der Waals surface area (Å²) >= 11 is 1.63. The zero-order chi connectivity index (χ0) is 20.4. The lowest BCUT2D eigenvalue weighted by molar-refractivity contribution is -0.124. The zero-order valence-electron chi connectivity index (χ0n) is 15.7. The first kappa shape index (κ1) is 18.9. The molecule has 0 unspecified atom stereocenters. The molecule has 0 saturated carbocycles. The molecule has 9 heteroatoms. The van der Waals surface area contributed by atoms with Crippen LogP contribution >= 0.6 is 11.3 Å². The molecule has 29 heavy (non-hydrogen) atoms. The van der Waals surface area contributed by atoms with Gasteiger partial charge >= 0.3 is 0 Å². The van der Waals surface area contributed by atoms with Crippen LogP contribution in [-0.4, -0.2) is 34.5 Å². The number of para-hydroxylation sites is 2. The van der Waals surface area contributed by atoms with E-state index in [9.17, 15) is 14.4 Å². The van der Waals surface area contributed by atoms with Crippen molar-refractivity contribution in [2.75, 3.05) is 22.1 Å². The fourth-order valence-electron chi connectivity index (χ4n) is 3.11. The molecule has 3 N–H and O–H groups in total. The molecule has 0 radical (unpaired) electrons. The molecule has 3 heterocycles. The van der Waals surface area contributed by atoms with Gasteiger partial charge in [0, 0.05) is 23.8 Å². The van der Waals surface area contributed by atoms with Crippen molar-refractivity contribution >= 4 is 46.3 Å². The van der Waals surface area contributed by atoms with E-state index in [1.54, 1.807) is 41.7 Å². The fraction of sp³-hybridized carbons (Fsp3) is 0.200. The van der Waals surface area contributed by atoms with Crippen molar-refractivity contribution in [1.82, 2.24) is 10.2 Å². The van der Waals surface area contributed by atoms with Gasteiger partial charge in [-0.15, -0.1) is 11.3 Å². The lowest BCUT2D eigenvalue weighted by atomic mass is 10.1. The Morgan fingerprint density at radius 3 is 2.83 bits per heavy atom. The van der Waals surface area contributed by atoms with E-state index in [4.69, 9.17) is 0 Å². The van der Waals surface area contributed by atoms with Gasteiger partial charge < -0.3 is 15.5 Å². The number of aryl methyl sites for hydroxylation is 1. The van der Waals surface area contributed by atoms with E-state index in [2.05, 4.69) is 20.8 Å². The summed E-state index contributed by atoms with van der Waals surface area (Å²) in [6.07, 6.45) is -0.00568. The van der Waals surface area contributed by atoms with Crippen LogP contribution < -0.4 is 15.5 Å². The van der Waals surface area contributed by atoms with Crippen LogP contribution in [0, 0.1) is 6.92 Å². The van der Waals surface area contributed by atoms with Crippen LogP contribution in [0.3, 0.4) is 0 Å². The summed E-state index contributed by atoms with van der Waals surface area (Å²) in [4.78, 5) is 40.3. The number of carbonyl (C=O) groups excluding carboxylic acids is 3. The SMILES string of the molecule is Cc1ccc(-c2cc(NC(=O)CCC(=O)N3CC(=O)Nc4ccccc43)n[nH]2)s1. The highest BCUT2D eigenvalue weighted by atomic mass is 32.1. The Balaban J connectivity index is 1.35. The predicted octanol–water partition coefficient (Wildman–Crippen LogP) is 3.15. The van der Waals surface area contributed by atoms with Gasteiger partial charge in [0.2, 0.25) is 17.7 Å². The highest BCUT2D eigenvalue weighted by Crippen LogP contribution is 2.30. The number of aromatic nitrogens is 2. The van der Waals surface area contributed by atoms with Gasteiger partial charge in [-0.2, -0.15) is 5.10 Å². The molecule has 1 aromatic carbocycles. The van der Waals surface area contributed by atoms with Gasteiger partial charge in [-0.25, -0.2) is 0 Å². The summed E-state index contributed by atoms with van der Waals surface area (Å²) in [5.41, 5.74) is 2.06. The molecule has 0 aliphatic carbocycles. The number of nitrogens with one attached hydrogen (secondary N) is 3. The molecule has 1 aliphatic heterocycles. The van der Waals surface area contributed by atoms with Crippen LogP contribution in [0.5, 0.6) is 0 Å². The van der Waals surface area contributed by atoms with E-state index in [0.717, 1.165) is 10.6 Å². The lowest BCUT2D eigenvalue weighted by Crippen LogP contribution is -2.42. The number of amides is 3. The first-order valence-corrected chi connectivity index (χ1v) is 9.92. The highest BCUT2D eigenvalue weighted by Gasteiger charge is 2.26. The number of nitrogens with zero attached hydrogens (tertiary/aromatic N) is 2. The molecule has 3 amide bonds. The molecule has 0 bridgehead atoms. The number of hydrogen-bond donors (Lipinski definition) is 3. The van der Waals surface area contributed by atoms with Gasteiger partial charge in [-0.1, -0.05) is 12.1 Å². The molecule has 2 aromatic heterocycles. The molecular weight excluding hydrogens is 390 g/mol. The molecule has 0 atom stereocenters. The van der Waals surface area contributed by atoms with Crippen molar-refractivity contribution in [3.8, 4) is 10.6 Å². The number of anilines is 3. The second kappa shape index (κ2) is 7.88. The predicted molar refractivity (Wildman–Crippen MR) is 112 cm³/mol. The number of carbonyl (C=O) groups is 3. The number of benzene rings is 1. The Kier molecular flexibility index (Phi) is 5.13. The van der Waals surface area contributed by atoms with Crippen molar-refractivity contribution in [2.24, 2.45) is 0 Å². The fourth-order valence-corrected chi connectivity index (χ4v) is 3.94. The summed E-state index contributed by atoms with van der Waals surface area (Å²) in [5, 5.41) is 12.4. The van der Waals surface area contributed by atoms with E-state index < -0.39 is 0 Å². The number of hydrogen-bond acceptors (Lipinski definition) is 5. The van der Waals surface area contributed by atoms with Crippen LogP contribution in [0.15, 0.2) is 42.5 Å². The first-order valence-electron chi connectivity index (χ1n) is 9.11. The number of H-pyrrole nitrogens is 1. The van der Waals surface area contributed by atoms with Crippen LogP contribution in [-0.2, 0) is 14.4 Å². The Hall–Kier alpha value is -3.46. The van der Waals surface area contributed by atoms with E-state index >= 15 is 0 Å². The monoisotopic (exact) mass is 409 g/mol. The smallest absolute Gasteiger partial charge is 0.244 e. The highest BCUT2D eigenvalue weighted by molar-refractivity contribution is 7.15. The number of thiophene rings is 1. The largest absolute Gasteiger partial charge is 0.323 e. The van der Waals surface area contributed by atoms with Gasteiger partial charge in [-0.05, 0) is 31.2 Å². The third-order valence-electron chi connectivity index (χ3n) is 4.49. The summed E-state index contributed by atoms with van der Waals surface area (Å²) in [6, 6.07) is 12.9. The van der Waals surface area contributed by atoms with E-state index in [1.165, 1.54) is 9.78 Å². The zero-order valence-corrected chi connectivity index (χ0v) is 16.5. The minimum Gasteiger partial charge on any atom is -0.323 e. The summed E-state index contributed by atoms with van der Waals surface area (Å²) < 4.78 is 0.